The molecule has 168 valence electrons. The van der Waals surface area contributed by atoms with Gasteiger partial charge in [-0.2, -0.15) is 0 Å². The second-order valence-electron chi connectivity index (χ2n) is 7.96. The summed E-state index contributed by atoms with van der Waals surface area (Å²) in [6.07, 6.45) is -0.918. The molecule has 0 bridgehead atoms. The van der Waals surface area contributed by atoms with Crippen molar-refractivity contribution in [3.8, 4) is 11.5 Å². The number of hydrogen-bond donors (Lipinski definition) is 1. The van der Waals surface area contributed by atoms with Gasteiger partial charge in [0.2, 0.25) is 0 Å². The van der Waals surface area contributed by atoms with E-state index in [0.29, 0.717) is 50.6 Å². The third kappa shape index (κ3) is 6.79. The summed E-state index contributed by atoms with van der Waals surface area (Å²) in [5, 5.41) is 10.5. The monoisotopic (exact) mass is 428 g/mol. The minimum atomic E-state index is -1.95. The molecule has 6 heteroatoms. The van der Waals surface area contributed by atoms with E-state index in [1.807, 2.05) is 38.1 Å². The van der Waals surface area contributed by atoms with Crippen LogP contribution in [0.2, 0.25) is 0 Å². The van der Waals surface area contributed by atoms with Crippen molar-refractivity contribution in [1.29, 1.82) is 0 Å². The molecule has 1 atom stereocenters. The van der Waals surface area contributed by atoms with Crippen molar-refractivity contribution >= 4 is 5.78 Å². The molecule has 1 heterocycles. The van der Waals surface area contributed by atoms with Crippen LogP contribution in [0.25, 0.3) is 0 Å². The van der Waals surface area contributed by atoms with Gasteiger partial charge in [0, 0.05) is 41.8 Å². The zero-order valence-electron chi connectivity index (χ0n) is 20.6. The Labute approximate surface area is 188 Å². The van der Waals surface area contributed by atoms with E-state index in [9.17, 15) is 9.90 Å². The van der Waals surface area contributed by atoms with Crippen LogP contribution in [0.4, 0.5) is 0 Å². The summed E-state index contributed by atoms with van der Waals surface area (Å²) in [7, 11) is 1.53. The zero-order valence-corrected chi connectivity index (χ0v) is 18.6. The number of β-amino-alcohol motifs (C(OH)–C–C–N with tert-alkyl or cyclic N) is 1. The van der Waals surface area contributed by atoms with Crippen LogP contribution in [-0.4, -0.2) is 79.7 Å². The Hall–Kier alpha value is -2.41. The van der Waals surface area contributed by atoms with E-state index in [-0.39, 0.29) is 12.4 Å². The Kier molecular flexibility index (Phi) is 7.45. The van der Waals surface area contributed by atoms with Crippen LogP contribution in [-0.2, 0) is 11.2 Å². The molecule has 1 saturated heterocycles. The van der Waals surface area contributed by atoms with Crippen LogP contribution in [0.3, 0.4) is 0 Å². The number of hydrogen-bond acceptors (Lipinski definition) is 6. The summed E-state index contributed by atoms with van der Waals surface area (Å²) >= 11 is 0. The Bertz CT molecular complexity index is 926. The number of para-hydroxylation sites is 2. The molecule has 6 nitrogen and oxygen atoms in total. The molecule has 1 aliphatic heterocycles. The summed E-state index contributed by atoms with van der Waals surface area (Å²) in [4.78, 5) is 16.3. The summed E-state index contributed by atoms with van der Waals surface area (Å²) in [6, 6.07) is 13.1. The predicted molar refractivity (Wildman–Crippen MR) is 122 cm³/mol. The number of carbonyl (C=O) groups is 1. The number of benzene rings is 2. The highest BCUT2D eigenvalue weighted by molar-refractivity contribution is 5.83. The van der Waals surface area contributed by atoms with E-state index in [1.165, 1.54) is 7.11 Å². The van der Waals surface area contributed by atoms with Crippen molar-refractivity contribution < 1.29 is 22.1 Å². The van der Waals surface area contributed by atoms with Crippen molar-refractivity contribution in [3.63, 3.8) is 0 Å². The van der Waals surface area contributed by atoms with Gasteiger partial charge < -0.3 is 14.6 Å². The summed E-state index contributed by atoms with van der Waals surface area (Å²) in [5.41, 5.74) is 3.35. The standard InChI is InChI=1S/C25H34N2O4/c1-19-7-6-8-20(2)23(19)15-21(28)16-26-11-13-27(14-12-26)17-22(29)18-31-25-10-5-4-9-24(25)30-3/h4-10,22,29H,11-18H2,1-3H3/i17D2. The highest BCUT2D eigenvalue weighted by Gasteiger charge is 2.21. The number of ether oxygens (including phenoxy) is 2. The van der Waals surface area contributed by atoms with Crippen LogP contribution < -0.4 is 9.47 Å². The minimum absolute atomic E-state index is 0.161. The highest BCUT2D eigenvalue weighted by Crippen LogP contribution is 2.25. The van der Waals surface area contributed by atoms with Crippen LogP contribution in [0, 0.1) is 13.8 Å². The Balaban J connectivity index is 1.49. The van der Waals surface area contributed by atoms with Crippen molar-refractivity contribution in [2.75, 3.05) is 52.9 Å². The molecule has 1 unspecified atom stereocenters. The van der Waals surface area contributed by atoms with Crippen LogP contribution >= 0.6 is 0 Å². The van der Waals surface area contributed by atoms with Crippen molar-refractivity contribution in [1.82, 2.24) is 9.80 Å². The number of nitrogens with zero attached hydrogens (tertiary/aromatic N) is 2. The molecule has 0 aliphatic carbocycles. The molecule has 0 spiro atoms. The van der Waals surface area contributed by atoms with E-state index in [1.54, 1.807) is 23.1 Å². The molecule has 0 amide bonds. The van der Waals surface area contributed by atoms with Crippen LogP contribution in [0.1, 0.15) is 19.4 Å². The number of piperazine rings is 1. The van der Waals surface area contributed by atoms with E-state index in [2.05, 4.69) is 4.90 Å². The first kappa shape index (κ1) is 20.5. The fourth-order valence-electron chi connectivity index (χ4n) is 3.82. The maximum atomic E-state index is 12.6. The highest BCUT2D eigenvalue weighted by atomic mass is 16.5. The van der Waals surface area contributed by atoms with E-state index in [4.69, 9.17) is 12.2 Å². The molecular formula is C25H34N2O4. The van der Waals surface area contributed by atoms with Gasteiger partial charge in [0.1, 0.15) is 12.7 Å². The van der Waals surface area contributed by atoms with E-state index < -0.39 is 12.6 Å². The number of aryl methyl sites for hydroxylation is 2. The summed E-state index contributed by atoms with van der Waals surface area (Å²) in [6.45, 7) is 4.25. The minimum Gasteiger partial charge on any atom is -0.493 e. The summed E-state index contributed by atoms with van der Waals surface area (Å²) < 4.78 is 27.7. The number of rotatable bonds is 10. The number of aliphatic hydroxyl groups excluding tert-OH is 1. The zero-order chi connectivity index (χ0) is 24.0. The lowest BCUT2D eigenvalue weighted by atomic mass is 9.98. The maximum absolute atomic E-state index is 12.6. The van der Waals surface area contributed by atoms with Gasteiger partial charge in [-0.25, -0.2) is 0 Å². The topological polar surface area (TPSA) is 62.2 Å². The molecular weight excluding hydrogens is 392 g/mol. The lowest BCUT2D eigenvalue weighted by Crippen LogP contribution is -2.50. The molecule has 3 rings (SSSR count). The lowest BCUT2D eigenvalue weighted by molar-refractivity contribution is -0.120. The van der Waals surface area contributed by atoms with Crippen molar-refractivity contribution in [3.05, 3.63) is 59.2 Å². The van der Waals surface area contributed by atoms with Gasteiger partial charge in [0.25, 0.3) is 0 Å². The fourth-order valence-corrected chi connectivity index (χ4v) is 3.82. The number of carbonyl (C=O) groups excluding carboxylic acids is 1. The fraction of sp³-hybridized carbons (Fsp3) is 0.480. The molecule has 31 heavy (non-hydrogen) atoms. The van der Waals surface area contributed by atoms with Gasteiger partial charge >= 0.3 is 0 Å². The van der Waals surface area contributed by atoms with E-state index >= 15 is 0 Å². The summed E-state index contributed by atoms with van der Waals surface area (Å²) in [5.74, 6) is 1.15. The number of ketones is 1. The SMILES string of the molecule is [2H]C([2H])(C(O)COc1ccccc1OC)N1CCN(CC(=O)Cc2c(C)cccc2C)CC1. The molecule has 2 aromatic carbocycles. The van der Waals surface area contributed by atoms with Crippen LogP contribution in [0.15, 0.2) is 42.5 Å². The first-order chi connectivity index (χ1) is 15.7. The van der Waals surface area contributed by atoms with Gasteiger partial charge in [-0.15, -0.1) is 0 Å². The van der Waals surface area contributed by atoms with Crippen molar-refractivity contribution in [2.45, 2.75) is 26.4 Å². The molecule has 2 aromatic rings. The first-order valence-corrected chi connectivity index (χ1v) is 10.7. The van der Waals surface area contributed by atoms with E-state index in [0.717, 1.165) is 16.7 Å². The third-order valence-corrected chi connectivity index (χ3v) is 5.59. The molecule has 1 fully saturated rings. The Morgan fingerprint density at radius 1 is 1.03 bits per heavy atom. The number of aliphatic hydroxyl groups is 1. The largest absolute Gasteiger partial charge is 0.493 e. The average Bonchev–Trinajstić information content (AvgIpc) is 2.80. The van der Waals surface area contributed by atoms with Crippen LogP contribution in [0.5, 0.6) is 11.5 Å². The van der Waals surface area contributed by atoms with Crippen molar-refractivity contribution in [2.24, 2.45) is 0 Å². The van der Waals surface area contributed by atoms with Gasteiger partial charge in [-0.3, -0.25) is 14.6 Å². The number of Topliss-reactive ketones (excluding diaryl/α,β-unsaturated/α-hetero) is 1. The second kappa shape index (κ2) is 11.3. The molecule has 0 radical (unpaired) electrons. The quantitative estimate of drug-likeness (QED) is 0.627. The second-order valence-corrected chi connectivity index (χ2v) is 7.96. The average molecular weight is 429 g/mol. The molecule has 1 aliphatic rings. The number of methoxy groups -OCH3 is 1. The molecule has 0 saturated carbocycles. The predicted octanol–water partition coefficient (Wildman–Crippen LogP) is 2.48. The van der Waals surface area contributed by atoms with Gasteiger partial charge in [0.05, 0.1) is 13.7 Å². The molecule has 0 aromatic heterocycles. The first-order valence-electron chi connectivity index (χ1n) is 11.7. The molecule has 1 N–H and O–H groups in total. The van der Waals surface area contributed by atoms with Gasteiger partial charge in [0.15, 0.2) is 17.3 Å². The maximum Gasteiger partial charge on any atom is 0.161 e. The Morgan fingerprint density at radius 3 is 2.29 bits per heavy atom. The lowest BCUT2D eigenvalue weighted by Gasteiger charge is -2.35. The normalized spacial score (nSPS) is 17.5. The smallest absolute Gasteiger partial charge is 0.161 e. The third-order valence-electron chi connectivity index (χ3n) is 5.59. The van der Waals surface area contributed by atoms with Gasteiger partial charge in [-0.1, -0.05) is 30.3 Å². The Morgan fingerprint density at radius 2 is 1.65 bits per heavy atom. The van der Waals surface area contributed by atoms with Gasteiger partial charge in [-0.05, 0) is 42.7 Å².